The van der Waals surface area contributed by atoms with Gasteiger partial charge < -0.3 is 0 Å². The van der Waals surface area contributed by atoms with Gasteiger partial charge in [0.2, 0.25) is 0 Å². The second-order valence-electron chi connectivity index (χ2n) is 33.3. The molecule has 0 amide bonds. The SMILES string of the molecule is CC(C)(C)c1cc(C(C)(C)C)n(-c2ccc(Cl)cc2)n1.CC(C)(C)c1cc(C2CC2)nn1-c1ccc(C(F)(F)F)cc1.CC(C)c1cc(C2CC2)nn1-c1ccc(Cl)cc1.Cc1ccc(-n2nc(C(C)(C)C)cc2C(C)(C)C)cc1.Cn1nc(C(C)(C)C)cc1C(C)(C)C. The van der Waals surface area contributed by atoms with Crippen LogP contribution in [0.2, 0.25) is 10.0 Å². The summed E-state index contributed by atoms with van der Waals surface area (Å²) in [5.41, 5.74) is 16.8. The number of hydrogen-bond donors (Lipinski definition) is 0. The Balaban J connectivity index is 0.000000167. The first kappa shape index (κ1) is 74.7. The van der Waals surface area contributed by atoms with Crippen molar-refractivity contribution in [2.45, 2.75) is 254 Å². The molecule has 2 aliphatic rings. The molecule has 0 bridgehead atoms. The fourth-order valence-corrected chi connectivity index (χ4v) is 10.7. The quantitative estimate of drug-likeness (QED) is 0.159. The van der Waals surface area contributed by atoms with Gasteiger partial charge in [0.15, 0.2) is 0 Å². The normalized spacial score (nSPS) is 14.1. The maximum Gasteiger partial charge on any atom is 0.416 e. The monoisotopic (exact) mass is 1320 g/mol. The van der Waals surface area contributed by atoms with E-state index < -0.39 is 11.7 Å². The van der Waals surface area contributed by atoms with Crippen molar-refractivity contribution in [1.82, 2.24) is 48.9 Å². The van der Waals surface area contributed by atoms with Crippen LogP contribution in [0.1, 0.15) is 271 Å². The van der Waals surface area contributed by atoms with Crippen LogP contribution in [0, 0.1) is 6.92 Å². The lowest BCUT2D eigenvalue weighted by atomic mass is 9.88. The maximum atomic E-state index is 12.7. The highest BCUT2D eigenvalue weighted by molar-refractivity contribution is 6.30. The summed E-state index contributed by atoms with van der Waals surface area (Å²) in [7, 11) is 2.02. The number of alkyl halides is 3. The Morgan fingerprint density at radius 2 is 0.670 bits per heavy atom. The molecule has 11 rings (SSSR count). The third kappa shape index (κ3) is 19.7. The van der Waals surface area contributed by atoms with Crippen LogP contribution < -0.4 is 0 Å². The molecule has 2 fully saturated rings. The van der Waals surface area contributed by atoms with Crippen LogP contribution in [-0.4, -0.2) is 48.9 Å². The van der Waals surface area contributed by atoms with Crippen LogP contribution >= 0.6 is 23.2 Å². The minimum atomic E-state index is -4.31. The number of hydrogen-bond acceptors (Lipinski definition) is 5. The predicted octanol–water partition coefficient (Wildman–Crippen LogP) is 22.5. The first-order valence-corrected chi connectivity index (χ1v) is 34.1. The third-order valence-corrected chi connectivity index (χ3v) is 17.1. The van der Waals surface area contributed by atoms with E-state index in [1.165, 1.54) is 64.7 Å². The van der Waals surface area contributed by atoms with Crippen molar-refractivity contribution in [1.29, 1.82) is 0 Å². The van der Waals surface area contributed by atoms with Crippen LogP contribution in [0.4, 0.5) is 13.2 Å². The van der Waals surface area contributed by atoms with Gasteiger partial charge in [-0.15, -0.1) is 0 Å². The molecule has 15 heteroatoms. The molecule has 0 spiro atoms. The third-order valence-electron chi connectivity index (χ3n) is 16.6. The van der Waals surface area contributed by atoms with Crippen molar-refractivity contribution < 1.29 is 13.2 Å². The molecular weight excluding hydrogens is 1220 g/mol. The fourth-order valence-electron chi connectivity index (χ4n) is 10.5. The number of nitrogens with zero attached hydrogens (tertiary/aromatic N) is 10. The van der Waals surface area contributed by atoms with E-state index in [2.05, 4.69) is 240 Å². The molecular formula is C79H107Cl2F3N10. The van der Waals surface area contributed by atoms with Gasteiger partial charge in [0.25, 0.3) is 0 Å². The van der Waals surface area contributed by atoms with Gasteiger partial charge in [-0.25, -0.2) is 18.7 Å². The second-order valence-corrected chi connectivity index (χ2v) is 34.1. The minimum Gasteiger partial charge on any atom is -0.272 e. The molecule has 0 atom stereocenters. The topological polar surface area (TPSA) is 89.1 Å². The van der Waals surface area contributed by atoms with Gasteiger partial charge in [-0.2, -0.15) is 38.7 Å². The summed E-state index contributed by atoms with van der Waals surface area (Å²) in [6.45, 7) is 52.6. The summed E-state index contributed by atoms with van der Waals surface area (Å²) < 4.78 is 48.0. The molecule has 508 valence electrons. The summed E-state index contributed by atoms with van der Waals surface area (Å²) in [5.74, 6) is 1.67. The largest absolute Gasteiger partial charge is 0.416 e. The van der Waals surface area contributed by atoms with Gasteiger partial charge >= 0.3 is 6.18 Å². The lowest BCUT2D eigenvalue weighted by Crippen LogP contribution is -2.17. The zero-order valence-electron chi connectivity index (χ0n) is 61.0. The zero-order valence-corrected chi connectivity index (χ0v) is 62.6. The Morgan fingerprint density at radius 3 is 0.989 bits per heavy atom. The van der Waals surface area contributed by atoms with Crippen LogP contribution in [0.25, 0.3) is 22.7 Å². The molecule has 2 saturated carbocycles. The van der Waals surface area contributed by atoms with Crippen molar-refractivity contribution in [2.75, 3.05) is 0 Å². The van der Waals surface area contributed by atoms with E-state index in [1.807, 2.05) is 64.9 Å². The van der Waals surface area contributed by atoms with Crippen LogP contribution in [-0.2, 0) is 51.1 Å². The van der Waals surface area contributed by atoms with Crippen molar-refractivity contribution >= 4 is 23.2 Å². The van der Waals surface area contributed by atoms with Crippen molar-refractivity contribution in [2.24, 2.45) is 7.05 Å². The van der Waals surface area contributed by atoms with Crippen molar-refractivity contribution in [3.8, 4) is 22.7 Å². The van der Waals surface area contributed by atoms with E-state index >= 15 is 0 Å². The fraction of sp³-hybridized carbons (Fsp3) is 0.506. The Bertz CT molecular complexity index is 3810. The Labute approximate surface area is 571 Å². The van der Waals surface area contributed by atoms with Crippen LogP contribution in [0.3, 0.4) is 0 Å². The van der Waals surface area contributed by atoms with Gasteiger partial charge in [-0.05, 0) is 154 Å². The number of rotatable bonds is 7. The second kappa shape index (κ2) is 28.2. The molecule has 0 unspecified atom stereocenters. The van der Waals surface area contributed by atoms with E-state index in [-0.39, 0.29) is 37.9 Å². The first-order valence-electron chi connectivity index (χ1n) is 33.3. The molecule has 0 radical (unpaired) electrons. The van der Waals surface area contributed by atoms with E-state index in [4.69, 9.17) is 38.5 Å². The molecule has 10 nitrogen and oxygen atoms in total. The van der Waals surface area contributed by atoms with Gasteiger partial charge in [0.05, 0.1) is 56.8 Å². The highest BCUT2D eigenvalue weighted by Crippen LogP contribution is 2.43. The summed E-state index contributed by atoms with van der Waals surface area (Å²) in [6.07, 6.45) is 0.556. The van der Waals surface area contributed by atoms with Crippen molar-refractivity contribution in [3.05, 3.63) is 206 Å². The number of aryl methyl sites for hydroxylation is 2. The smallest absolute Gasteiger partial charge is 0.272 e. The molecule has 9 aromatic rings. The molecule has 5 heterocycles. The number of aromatic nitrogens is 10. The maximum absolute atomic E-state index is 12.7. The minimum absolute atomic E-state index is 0.0378. The van der Waals surface area contributed by atoms with Gasteiger partial charge in [-0.1, -0.05) is 200 Å². The zero-order chi connectivity index (χ0) is 70.2. The highest BCUT2D eigenvalue weighted by atomic mass is 35.5. The Morgan fingerprint density at radius 1 is 0.372 bits per heavy atom. The van der Waals surface area contributed by atoms with Crippen molar-refractivity contribution in [3.63, 3.8) is 0 Å². The molecule has 0 N–H and O–H groups in total. The lowest BCUT2D eigenvalue weighted by molar-refractivity contribution is -0.137. The molecule has 94 heavy (non-hydrogen) atoms. The van der Waals surface area contributed by atoms with Crippen LogP contribution in [0.15, 0.2) is 127 Å². The summed E-state index contributed by atoms with van der Waals surface area (Å²) in [6, 6.07) is 40.5. The standard InChI is InChI=1S/C18H26N2.C17H23ClN2.C17H19F3N2.C15H17ClN2.C12H22N2/c1-13-8-10-14(11-9-13)20-16(18(5,6)7)12-15(19-20)17(2,3)4;1-16(2,3)14-11-15(17(4,5)6)20(19-14)13-9-7-12(18)8-10-13;1-16(2,3)15-10-14(11-4-5-11)21-22(15)13-8-6-12(7-9-13)17(18,19)20;1-10(2)15-9-14(11-3-4-11)17-18(15)13-7-5-12(16)6-8-13;1-11(2,3)9-8-10(12(4,5)6)14(7)13-9/h8-12H,1-7H3;7-11H,1-6H3;6-11H,4-5H2,1-3H3;5-11H,3-4H2,1-2H3;8H,1-7H3. The summed E-state index contributed by atoms with van der Waals surface area (Å²) in [5, 5.41) is 25.2. The first-order chi connectivity index (χ1) is 43.1. The molecule has 0 aliphatic heterocycles. The van der Waals surface area contributed by atoms with E-state index in [0.717, 1.165) is 74.9 Å². The molecule has 5 aromatic heterocycles. The summed E-state index contributed by atoms with van der Waals surface area (Å²) in [4.78, 5) is 0. The predicted molar refractivity (Wildman–Crippen MR) is 386 cm³/mol. The van der Waals surface area contributed by atoms with Crippen LogP contribution in [0.5, 0.6) is 0 Å². The van der Waals surface area contributed by atoms with E-state index in [9.17, 15) is 13.2 Å². The average Bonchev–Trinajstić information content (AvgIpc) is 1.66. The van der Waals surface area contributed by atoms with Gasteiger partial charge in [-0.3, -0.25) is 4.68 Å². The molecule has 0 saturated heterocycles. The van der Waals surface area contributed by atoms with Gasteiger partial charge in [0, 0.05) is 95.3 Å². The van der Waals surface area contributed by atoms with E-state index in [0.29, 0.717) is 23.4 Å². The number of halogens is 5. The Hall–Kier alpha value is -6.70. The molecule has 4 aromatic carbocycles. The van der Waals surface area contributed by atoms with E-state index in [1.54, 1.807) is 4.68 Å². The molecule has 2 aliphatic carbocycles. The van der Waals surface area contributed by atoms with Gasteiger partial charge in [0.1, 0.15) is 0 Å². The highest BCUT2D eigenvalue weighted by Gasteiger charge is 2.34. The average molecular weight is 1320 g/mol. The lowest BCUT2D eigenvalue weighted by Gasteiger charge is -2.20. The number of benzene rings is 4. The Kier molecular flexibility index (Phi) is 22.4. The summed E-state index contributed by atoms with van der Waals surface area (Å²) >= 11 is 11.9.